The fourth-order valence-electron chi connectivity index (χ4n) is 3.76. The molecule has 1 heterocycles. The molecule has 0 aliphatic carbocycles. The molecule has 4 rings (SSSR count). The Labute approximate surface area is 176 Å². The van der Waals surface area contributed by atoms with Crippen molar-refractivity contribution in [2.24, 2.45) is 5.92 Å². The third kappa shape index (κ3) is 4.57. The van der Waals surface area contributed by atoms with Crippen molar-refractivity contribution in [3.8, 4) is 0 Å². The van der Waals surface area contributed by atoms with Gasteiger partial charge in [0.15, 0.2) is 5.11 Å². The molecule has 4 nitrogen and oxygen atoms in total. The van der Waals surface area contributed by atoms with Gasteiger partial charge in [0.1, 0.15) is 0 Å². The van der Waals surface area contributed by atoms with E-state index in [2.05, 4.69) is 28.5 Å². The summed E-state index contributed by atoms with van der Waals surface area (Å²) in [5.74, 6) is 0.561. The molecule has 0 aromatic heterocycles. The van der Waals surface area contributed by atoms with Crippen molar-refractivity contribution in [1.82, 2.24) is 5.32 Å². The van der Waals surface area contributed by atoms with Gasteiger partial charge in [0.05, 0.1) is 11.4 Å². The minimum absolute atomic E-state index is 0.211. The topological polar surface area (TPSA) is 44.4 Å². The van der Waals surface area contributed by atoms with Gasteiger partial charge in [0.2, 0.25) is 0 Å². The number of benzene rings is 3. The number of anilines is 2. The number of nitrogens with zero attached hydrogens (tertiary/aromatic N) is 1. The van der Waals surface area contributed by atoms with Crippen LogP contribution in [-0.2, 0) is 0 Å². The predicted molar refractivity (Wildman–Crippen MR) is 125 cm³/mol. The third-order valence-corrected chi connectivity index (χ3v) is 5.72. The molecular formula is C24H25N3OS. The standard InChI is InChI=1S/C24H25N3OS/c1-17-12-14-27(15-13-17)22-9-5-4-8-21(22)25-24(29)26-23(28)20-11-10-18-6-2-3-7-19(18)16-20/h2-11,16-17H,12-15H2,1H3,(H2,25,26,28,29). The third-order valence-electron chi connectivity index (χ3n) is 5.52. The maximum atomic E-state index is 12.7. The molecule has 0 spiro atoms. The summed E-state index contributed by atoms with van der Waals surface area (Å²) in [6, 6.07) is 21.8. The Bertz CT molecular complexity index is 1040. The first-order valence-electron chi connectivity index (χ1n) is 10.1. The zero-order valence-electron chi connectivity index (χ0n) is 16.5. The van der Waals surface area contributed by atoms with E-state index in [-0.39, 0.29) is 5.91 Å². The number of para-hydroxylation sites is 2. The van der Waals surface area contributed by atoms with Crippen molar-refractivity contribution in [3.05, 3.63) is 72.3 Å². The van der Waals surface area contributed by atoms with E-state index < -0.39 is 0 Å². The lowest BCUT2D eigenvalue weighted by Gasteiger charge is -2.33. The number of carbonyl (C=O) groups is 1. The van der Waals surface area contributed by atoms with Gasteiger partial charge in [-0.2, -0.15) is 0 Å². The summed E-state index contributed by atoms with van der Waals surface area (Å²) in [5.41, 5.74) is 2.64. The molecule has 3 aromatic carbocycles. The summed E-state index contributed by atoms with van der Waals surface area (Å²) < 4.78 is 0. The van der Waals surface area contributed by atoms with E-state index in [1.54, 1.807) is 0 Å². The van der Waals surface area contributed by atoms with Gasteiger partial charge in [-0.25, -0.2) is 0 Å². The normalized spacial score (nSPS) is 14.6. The van der Waals surface area contributed by atoms with Crippen molar-refractivity contribution < 1.29 is 4.79 Å². The molecule has 1 saturated heterocycles. The Hall–Kier alpha value is -2.92. The van der Waals surface area contributed by atoms with Crippen molar-refractivity contribution in [2.45, 2.75) is 19.8 Å². The molecule has 148 valence electrons. The van der Waals surface area contributed by atoms with Crippen LogP contribution in [0.2, 0.25) is 0 Å². The van der Waals surface area contributed by atoms with Crippen LogP contribution in [0.15, 0.2) is 66.7 Å². The molecule has 0 bridgehead atoms. The SMILES string of the molecule is CC1CCN(c2ccccc2NC(=S)NC(=O)c2ccc3ccccc3c2)CC1. The molecule has 1 aliphatic heterocycles. The van der Waals surface area contributed by atoms with Crippen LogP contribution in [0.1, 0.15) is 30.1 Å². The van der Waals surface area contributed by atoms with Crippen molar-refractivity contribution in [1.29, 1.82) is 0 Å². The molecule has 0 unspecified atom stereocenters. The molecule has 1 fully saturated rings. The van der Waals surface area contributed by atoms with E-state index in [9.17, 15) is 4.79 Å². The van der Waals surface area contributed by atoms with Crippen LogP contribution < -0.4 is 15.5 Å². The monoisotopic (exact) mass is 403 g/mol. The second-order valence-electron chi connectivity index (χ2n) is 7.66. The molecule has 0 radical (unpaired) electrons. The van der Waals surface area contributed by atoms with E-state index in [0.29, 0.717) is 10.7 Å². The Morgan fingerprint density at radius 2 is 1.66 bits per heavy atom. The van der Waals surface area contributed by atoms with E-state index in [1.807, 2.05) is 60.7 Å². The maximum Gasteiger partial charge on any atom is 0.257 e. The number of rotatable bonds is 3. The van der Waals surface area contributed by atoms with Gasteiger partial charge in [-0.15, -0.1) is 0 Å². The van der Waals surface area contributed by atoms with E-state index >= 15 is 0 Å². The second-order valence-corrected chi connectivity index (χ2v) is 8.07. The Balaban J connectivity index is 1.45. The number of hydrogen-bond acceptors (Lipinski definition) is 3. The Kier molecular flexibility index (Phi) is 5.76. The molecular weight excluding hydrogens is 378 g/mol. The van der Waals surface area contributed by atoms with E-state index in [0.717, 1.165) is 41.2 Å². The summed E-state index contributed by atoms with van der Waals surface area (Å²) in [4.78, 5) is 15.0. The molecule has 2 N–H and O–H groups in total. The van der Waals surface area contributed by atoms with E-state index in [1.165, 1.54) is 12.8 Å². The number of piperidine rings is 1. The molecule has 1 aliphatic rings. The molecule has 5 heteroatoms. The van der Waals surface area contributed by atoms with Gasteiger partial charge in [-0.3, -0.25) is 10.1 Å². The lowest BCUT2D eigenvalue weighted by atomic mass is 9.98. The highest BCUT2D eigenvalue weighted by atomic mass is 32.1. The number of fused-ring (bicyclic) bond motifs is 1. The van der Waals surface area contributed by atoms with Crippen LogP contribution in [-0.4, -0.2) is 24.1 Å². The average molecular weight is 404 g/mol. The van der Waals surface area contributed by atoms with Crippen LogP contribution in [0, 0.1) is 5.92 Å². The van der Waals surface area contributed by atoms with Gasteiger partial charge in [-0.1, -0.05) is 49.4 Å². The molecule has 0 atom stereocenters. The first kappa shape index (κ1) is 19.4. The summed E-state index contributed by atoms with van der Waals surface area (Å²) in [5, 5.41) is 8.47. The fraction of sp³-hybridized carbons (Fsp3) is 0.250. The van der Waals surface area contributed by atoms with Crippen molar-refractivity contribution in [3.63, 3.8) is 0 Å². The number of nitrogens with one attached hydrogen (secondary N) is 2. The number of carbonyl (C=O) groups excluding carboxylic acids is 1. The first-order valence-corrected chi connectivity index (χ1v) is 10.5. The first-order chi connectivity index (χ1) is 14.1. The number of amides is 1. The van der Waals surface area contributed by atoms with Gasteiger partial charge in [0, 0.05) is 18.7 Å². The summed E-state index contributed by atoms with van der Waals surface area (Å²) in [6.45, 7) is 4.38. The quantitative estimate of drug-likeness (QED) is 0.590. The lowest BCUT2D eigenvalue weighted by molar-refractivity contribution is 0.0978. The highest BCUT2D eigenvalue weighted by Crippen LogP contribution is 2.29. The van der Waals surface area contributed by atoms with Gasteiger partial charge >= 0.3 is 0 Å². The smallest absolute Gasteiger partial charge is 0.257 e. The van der Waals surface area contributed by atoms with Gasteiger partial charge in [0.25, 0.3) is 5.91 Å². The zero-order valence-corrected chi connectivity index (χ0v) is 17.3. The lowest BCUT2D eigenvalue weighted by Crippen LogP contribution is -2.36. The van der Waals surface area contributed by atoms with E-state index in [4.69, 9.17) is 12.2 Å². The van der Waals surface area contributed by atoms with Crippen LogP contribution in [0.5, 0.6) is 0 Å². The van der Waals surface area contributed by atoms with Crippen LogP contribution >= 0.6 is 12.2 Å². The minimum atomic E-state index is -0.211. The van der Waals surface area contributed by atoms with Gasteiger partial charge < -0.3 is 10.2 Å². The summed E-state index contributed by atoms with van der Waals surface area (Å²) in [7, 11) is 0. The largest absolute Gasteiger partial charge is 0.370 e. The number of hydrogen-bond donors (Lipinski definition) is 2. The predicted octanol–water partition coefficient (Wildman–Crippen LogP) is 5.20. The van der Waals surface area contributed by atoms with Crippen molar-refractivity contribution >= 4 is 45.4 Å². The minimum Gasteiger partial charge on any atom is -0.370 e. The fourth-order valence-corrected chi connectivity index (χ4v) is 3.97. The number of thiocarbonyl (C=S) groups is 1. The molecule has 3 aromatic rings. The van der Waals surface area contributed by atoms with Crippen molar-refractivity contribution in [2.75, 3.05) is 23.3 Å². The summed E-state index contributed by atoms with van der Waals surface area (Å²) >= 11 is 5.43. The highest BCUT2D eigenvalue weighted by Gasteiger charge is 2.19. The highest BCUT2D eigenvalue weighted by molar-refractivity contribution is 7.80. The van der Waals surface area contributed by atoms with Crippen LogP contribution in [0.25, 0.3) is 10.8 Å². The second kappa shape index (κ2) is 8.62. The summed E-state index contributed by atoms with van der Waals surface area (Å²) in [6.07, 6.45) is 2.38. The maximum absolute atomic E-state index is 12.7. The van der Waals surface area contributed by atoms with Crippen LogP contribution in [0.3, 0.4) is 0 Å². The molecule has 29 heavy (non-hydrogen) atoms. The Morgan fingerprint density at radius 1 is 0.966 bits per heavy atom. The Morgan fingerprint density at radius 3 is 2.45 bits per heavy atom. The molecule has 1 amide bonds. The van der Waals surface area contributed by atoms with Gasteiger partial charge in [-0.05, 0) is 66.0 Å². The van der Waals surface area contributed by atoms with Crippen LogP contribution in [0.4, 0.5) is 11.4 Å². The zero-order chi connectivity index (χ0) is 20.2. The molecule has 0 saturated carbocycles. The average Bonchev–Trinajstić information content (AvgIpc) is 2.74.